The van der Waals surface area contributed by atoms with Crippen LogP contribution in [0, 0.1) is 39.4 Å². The number of aliphatic carboxylic acids is 1. The summed E-state index contributed by atoms with van der Waals surface area (Å²) >= 11 is 0. The van der Waals surface area contributed by atoms with Gasteiger partial charge in [0.2, 0.25) is 0 Å². The Morgan fingerprint density at radius 1 is 1.10 bits per heavy atom. The number of ketones is 4. The average molecular weight is 547 g/mol. The lowest BCUT2D eigenvalue weighted by Crippen LogP contribution is -2.61. The Labute approximate surface area is 229 Å². The molecule has 9 nitrogen and oxygen atoms in total. The molecule has 2 fully saturated rings. The highest BCUT2D eigenvalue weighted by Gasteiger charge is 2.70. The third-order valence-electron chi connectivity index (χ3n) is 11.5. The zero-order valence-electron chi connectivity index (χ0n) is 23.8. The van der Waals surface area contributed by atoms with E-state index in [1.165, 1.54) is 0 Å². The molecular weight excluding hydrogens is 504 g/mol. The Morgan fingerprint density at radius 2 is 1.72 bits per heavy atom. The third kappa shape index (κ3) is 3.94. The zero-order chi connectivity index (χ0) is 29.5. The van der Waals surface area contributed by atoms with Crippen molar-refractivity contribution in [3.8, 4) is 0 Å². The van der Waals surface area contributed by atoms with Crippen molar-refractivity contribution in [1.29, 1.82) is 0 Å². The van der Waals surface area contributed by atoms with Gasteiger partial charge in [0.1, 0.15) is 17.3 Å². The summed E-state index contributed by atoms with van der Waals surface area (Å²) in [7, 11) is 0. The van der Waals surface area contributed by atoms with Crippen molar-refractivity contribution >= 4 is 29.1 Å². The van der Waals surface area contributed by atoms with Crippen LogP contribution in [0.4, 0.5) is 0 Å². The average Bonchev–Trinajstić information content (AvgIpc) is 3.03. The molecule has 216 valence electrons. The summed E-state index contributed by atoms with van der Waals surface area (Å²) in [6, 6.07) is 0. The van der Waals surface area contributed by atoms with Crippen molar-refractivity contribution in [3.05, 3.63) is 11.1 Å². The van der Waals surface area contributed by atoms with Gasteiger partial charge in [0.25, 0.3) is 0 Å². The third-order valence-corrected chi connectivity index (χ3v) is 11.5. The second-order valence-corrected chi connectivity index (χ2v) is 13.9. The van der Waals surface area contributed by atoms with E-state index >= 15 is 0 Å². The summed E-state index contributed by atoms with van der Waals surface area (Å²) in [5, 5.41) is 41.1. The lowest BCUT2D eigenvalue weighted by Gasteiger charge is -2.60. The maximum absolute atomic E-state index is 14.1. The Bertz CT molecular complexity index is 1180. The number of hydrogen-bond donors (Lipinski definition) is 4. The van der Waals surface area contributed by atoms with Gasteiger partial charge in [-0.2, -0.15) is 0 Å². The molecule has 0 aromatic rings. The summed E-state index contributed by atoms with van der Waals surface area (Å²) in [5.41, 5.74) is -5.22. The number of carboxylic acid groups (broad SMARTS) is 1. The smallest absolute Gasteiger partial charge is 0.335 e. The van der Waals surface area contributed by atoms with Gasteiger partial charge in [0, 0.05) is 43.1 Å². The van der Waals surface area contributed by atoms with Crippen LogP contribution in [0.25, 0.3) is 0 Å². The Hall–Kier alpha value is -2.23. The van der Waals surface area contributed by atoms with Crippen LogP contribution in [0.5, 0.6) is 0 Å². The molecule has 3 unspecified atom stereocenters. The first-order valence-corrected chi connectivity index (χ1v) is 13.9. The van der Waals surface area contributed by atoms with E-state index in [-0.39, 0.29) is 67.9 Å². The monoisotopic (exact) mass is 546 g/mol. The van der Waals surface area contributed by atoms with Gasteiger partial charge in [-0.3, -0.25) is 19.2 Å². The maximum Gasteiger partial charge on any atom is 0.335 e. The van der Waals surface area contributed by atoms with Gasteiger partial charge < -0.3 is 20.4 Å². The van der Waals surface area contributed by atoms with Crippen LogP contribution in [0.1, 0.15) is 86.5 Å². The molecule has 0 spiro atoms. The first-order valence-electron chi connectivity index (χ1n) is 13.9. The highest BCUT2D eigenvalue weighted by atomic mass is 16.4. The van der Waals surface area contributed by atoms with E-state index in [4.69, 9.17) is 0 Å². The molecule has 0 radical (unpaired) electrons. The predicted octanol–water partition coefficient (Wildman–Crippen LogP) is 2.43. The minimum absolute atomic E-state index is 0.0446. The molecular formula is C30H42O9. The number of rotatable bonds is 7. The highest BCUT2D eigenvalue weighted by molar-refractivity contribution is 6.05. The fraction of sp³-hybridized carbons (Fsp3) is 0.767. The predicted molar refractivity (Wildman–Crippen MR) is 139 cm³/mol. The van der Waals surface area contributed by atoms with E-state index in [1.54, 1.807) is 13.8 Å². The fourth-order valence-corrected chi connectivity index (χ4v) is 8.98. The molecule has 4 N–H and O–H groups in total. The van der Waals surface area contributed by atoms with Gasteiger partial charge in [-0.05, 0) is 55.4 Å². The molecule has 9 heteroatoms. The summed E-state index contributed by atoms with van der Waals surface area (Å²) in [6.45, 7) is 9.80. The van der Waals surface area contributed by atoms with Gasteiger partial charge >= 0.3 is 5.97 Å². The summed E-state index contributed by atoms with van der Waals surface area (Å²) in [5.74, 6) is -3.49. The van der Waals surface area contributed by atoms with E-state index in [2.05, 4.69) is 0 Å². The normalized spacial score (nSPS) is 42.4. The van der Waals surface area contributed by atoms with Crippen LogP contribution in [0.2, 0.25) is 0 Å². The van der Waals surface area contributed by atoms with Crippen molar-refractivity contribution < 1.29 is 44.4 Å². The molecule has 2 saturated carbocycles. The standard InChI is InChI=1S/C30H42O9/c1-15(9-16(32)12-29(5,39)25(37)38)17-10-22(36)30(6)24-18(33)11-20-26(2,8-7-21(35)27(20,3)14-31)23(24)19(34)13-28(17,30)4/h15,17-18,20,31,33,39H,7-14H2,1-6H3,(H,37,38)/t15?,17-,18+,20-,26+,27?,28-,29?,30+/m1/s1. The number of aliphatic hydroxyl groups excluding tert-OH is 2. The van der Waals surface area contributed by atoms with E-state index in [1.807, 2.05) is 20.8 Å². The number of carboxylic acids is 1. The molecule has 0 saturated heterocycles. The molecule has 9 atom stereocenters. The number of carbonyl (C=O) groups is 5. The van der Waals surface area contributed by atoms with Crippen LogP contribution < -0.4 is 0 Å². The van der Waals surface area contributed by atoms with E-state index in [9.17, 15) is 44.4 Å². The lowest BCUT2D eigenvalue weighted by molar-refractivity contribution is -0.159. The molecule has 0 aromatic heterocycles. The lowest BCUT2D eigenvalue weighted by atomic mass is 9.42. The molecule has 4 aliphatic rings. The van der Waals surface area contributed by atoms with Crippen molar-refractivity contribution in [3.63, 3.8) is 0 Å². The number of carbonyl (C=O) groups excluding carboxylic acids is 4. The van der Waals surface area contributed by atoms with Gasteiger partial charge in [0.15, 0.2) is 11.4 Å². The molecule has 0 amide bonds. The van der Waals surface area contributed by atoms with E-state index in [0.717, 1.165) is 6.92 Å². The van der Waals surface area contributed by atoms with Crippen LogP contribution in [0.15, 0.2) is 11.1 Å². The van der Waals surface area contributed by atoms with Crippen molar-refractivity contribution in [2.24, 2.45) is 39.4 Å². The minimum atomic E-state index is -2.19. The van der Waals surface area contributed by atoms with Crippen LogP contribution in [0.3, 0.4) is 0 Å². The van der Waals surface area contributed by atoms with Crippen molar-refractivity contribution in [2.75, 3.05) is 6.61 Å². The fourth-order valence-electron chi connectivity index (χ4n) is 8.98. The molecule has 4 rings (SSSR count). The number of allylic oxidation sites excluding steroid dienone is 1. The maximum atomic E-state index is 14.1. The topological polar surface area (TPSA) is 166 Å². The molecule has 0 heterocycles. The summed E-state index contributed by atoms with van der Waals surface area (Å²) in [6.07, 6.45) is -0.815. The Balaban J connectivity index is 1.75. The highest BCUT2D eigenvalue weighted by Crippen LogP contribution is 2.70. The van der Waals surface area contributed by atoms with Crippen LogP contribution >= 0.6 is 0 Å². The first-order chi connectivity index (χ1) is 17.8. The number of aliphatic hydroxyl groups is 3. The number of fused-ring (bicyclic) bond motifs is 4. The zero-order valence-corrected chi connectivity index (χ0v) is 23.8. The Morgan fingerprint density at radius 3 is 2.28 bits per heavy atom. The van der Waals surface area contributed by atoms with Crippen LogP contribution in [-0.2, 0) is 24.0 Å². The first kappa shape index (κ1) is 29.7. The van der Waals surface area contributed by atoms with Gasteiger partial charge in [-0.25, -0.2) is 4.79 Å². The largest absolute Gasteiger partial charge is 0.479 e. The van der Waals surface area contributed by atoms with Crippen molar-refractivity contribution in [1.82, 2.24) is 0 Å². The molecule has 4 aliphatic carbocycles. The second kappa shape index (κ2) is 9.14. The molecule has 0 aromatic carbocycles. The quantitative estimate of drug-likeness (QED) is 0.375. The van der Waals surface area contributed by atoms with Gasteiger partial charge in [-0.1, -0.05) is 27.7 Å². The Kier molecular flexibility index (Phi) is 6.97. The molecule has 0 aliphatic heterocycles. The van der Waals surface area contributed by atoms with Crippen LogP contribution in [-0.4, -0.2) is 67.8 Å². The number of Topliss-reactive ketones (excluding diaryl/α,β-unsaturated/α-hetero) is 4. The molecule has 0 bridgehead atoms. The van der Waals surface area contributed by atoms with Crippen molar-refractivity contribution in [2.45, 2.75) is 98.2 Å². The SMILES string of the molecule is CC(CC(=O)CC(C)(O)C(=O)O)[C@H]1CC(=O)[C@@]2(C)C3=C(C(=O)C[C@]12C)[C@@]1(C)CCC(=O)C(C)(CO)[C@@H]1C[C@@H]3O. The number of hydrogen-bond acceptors (Lipinski definition) is 8. The summed E-state index contributed by atoms with van der Waals surface area (Å²) < 4.78 is 0. The molecule has 39 heavy (non-hydrogen) atoms. The van der Waals surface area contributed by atoms with Gasteiger partial charge in [0.05, 0.1) is 23.5 Å². The summed E-state index contributed by atoms with van der Waals surface area (Å²) in [4.78, 5) is 64.9. The minimum Gasteiger partial charge on any atom is -0.479 e. The van der Waals surface area contributed by atoms with E-state index in [0.29, 0.717) is 17.6 Å². The van der Waals surface area contributed by atoms with Gasteiger partial charge in [-0.15, -0.1) is 0 Å². The second-order valence-electron chi connectivity index (χ2n) is 13.9. The van der Waals surface area contributed by atoms with E-state index < -0.39 is 57.5 Å².